The quantitative estimate of drug-likeness (QED) is 0.393. The second kappa shape index (κ2) is 8.42. The zero-order valence-corrected chi connectivity index (χ0v) is 17.2. The molecule has 1 amide bonds. The van der Waals surface area contributed by atoms with Crippen LogP contribution in [0.2, 0.25) is 0 Å². The summed E-state index contributed by atoms with van der Waals surface area (Å²) in [5.74, 6) is -0.482. The van der Waals surface area contributed by atoms with Gasteiger partial charge in [0.25, 0.3) is 5.91 Å². The average molecular weight is 433 g/mol. The Morgan fingerprint density at radius 2 is 1.59 bits per heavy atom. The Labute approximate surface area is 183 Å². The van der Waals surface area contributed by atoms with Crippen LogP contribution >= 0.6 is 0 Å². The summed E-state index contributed by atoms with van der Waals surface area (Å²) in [6.45, 7) is 0. The van der Waals surface area contributed by atoms with Gasteiger partial charge in [-0.1, -0.05) is 12.8 Å². The fraction of sp³-hybridized carbons (Fsp3) is 0.200. The molecule has 0 saturated heterocycles. The Hall–Kier alpha value is -3.74. The number of anilines is 1. The number of hydrogen-bond acceptors (Lipinski definition) is 3. The number of rotatable bonds is 5. The molecule has 2 aromatic heterocycles. The van der Waals surface area contributed by atoms with E-state index in [0.717, 1.165) is 36.9 Å². The molecular formula is C25H21F2N3O2. The number of halogens is 2. The van der Waals surface area contributed by atoms with E-state index in [1.165, 1.54) is 36.4 Å². The molecule has 1 fully saturated rings. The molecule has 7 heteroatoms. The second-order valence-electron chi connectivity index (χ2n) is 7.92. The lowest BCUT2D eigenvalue weighted by Crippen LogP contribution is -2.10. The summed E-state index contributed by atoms with van der Waals surface area (Å²) in [4.78, 5) is 17.3. The van der Waals surface area contributed by atoms with Crippen molar-refractivity contribution in [2.75, 3.05) is 5.32 Å². The van der Waals surface area contributed by atoms with Crippen LogP contribution < -0.4 is 5.32 Å². The van der Waals surface area contributed by atoms with E-state index in [-0.39, 0.29) is 17.4 Å². The number of benzene rings is 2. The lowest BCUT2D eigenvalue weighted by Gasteiger charge is -2.15. The van der Waals surface area contributed by atoms with Crippen LogP contribution in [0.4, 0.5) is 14.5 Å². The lowest BCUT2D eigenvalue weighted by molar-refractivity contribution is 0.0997. The maximum Gasteiger partial charge on any atom is 0.291 e. The predicted molar refractivity (Wildman–Crippen MR) is 117 cm³/mol. The number of carbonyl (C=O) groups is 1. The van der Waals surface area contributed by atoms with Crippen LogP contribution in [0.15, 0.2) is 71.4 Å². The third kappa shape index (κ3) is 3.93. The molecular weight excluding hydrogens is 412 g/mol. The molecule has 5 nitrogen and oxygen atoms in total. The van der Waals surface area contributed by atoms with Gasteiger partial charge in [0.2, 0.25) is 0 Å². The Morgan fingerprint density at radius 3 is 2.28 bits per heavy atom. The Morgan fingerprint density at radius 1 is 0.938 bits per heavy atom. The highest BCUT2D eigenvalue weighted by molar-refractivity contribution is 6.02. The molecule has 0 unspecified atom stereocenters. The van der Waals surface area contributed by atoms with E-state index in [9.17, 15) is 13.6 Å². The minimum atomic E-state index is -0.432. The summed E-state index contributed by atoms with van der Waals surface area (Å²) in [5.41, 5.74) is 2.69. The van der Waals surface area contributed by atoms with Crippen molar-refractivity contribution in [1.29, 1.82) is 0 Å². The minimum absolute atomic E-state index is 0.133. The monoisotopic (exact) mass is 433 g/mol. The Balaban J connectivity index is 1.50. The van der Waals surface area contributed by atoms with E-state index in [4.69, 9.17) is 4.42 Å². The smallest absolute Gasteiger partial charge is 0.291 e. The van der Waals surface area contributed by atoms with Gasteiger partial charge in [0.1, 0.15) is 17.3 Å². The highest BCUT2D eigenvalue weighted by Crippen LogP contribution is 2.39. The first-order chi connectivity index (χ1) is 15.6. The number of hydrogen-bond donors (Lipinski definition) is 1. The SMILES string of the molecule is O=C(Nc1ccc(F)cc1)c1ccc(-c2c(-c3ccc(F)cc3)ncn2C2CCCC2)o1. The highest BCUT2D eigenvalue weighted by Gasteiger charge is 2.26. The van der Waals surface area contributed by atoms with Crippen molar-refractivity contribution >= 4 is 11.6 Å². The molecule has 4 aromatic rings. The fourth-order valence-electron chi connectivity index (χ4n) is 4.20. The van der Waals surface area contributed by atoms with Gasteiger partial charge in [-0.3, -0.25) is 4.79 Å². The normalized spacial score (nSPS) is 14.1. The number of aromatic nitrogens is 2. The average Bonchev–Trinajstić information content (AvgIpc) is 3.55. The van der Waals surface area contributed by atoms with Crippen LogP contribution in [0.25, 0.3) is 22.7 Å². The van der Waals surface area contributed by atoms with Crippen molar-refractivity contribution in [3.05, 3.63) is 84.4 Å². The first-order valence-corrected chi connectivity index (χ1v) is 10.6. The molecule has 1 aliphatic rings. The number of imidazole rings is 1. The molecule has 1 N–H and O–H groups in total. The van der Waals surface area contributed by atoms with Crippen LogP contribution in [0.3, 0.4) is 0 Å². The van der Waals surface area contributed by atoms with Gasteiger partial charge in [-0.25, -0.2) is 13.8 Å². The minimum Gasteiger partial charge on any atom is -0.449 e. The first kappa shape index (κ1) is 20.2. The standard InChI is InChI=1S/C25H21F2N3O2/c26-17-7-5-16(6-8-17)23-24(30(15-28-23)20-3-1-2-4-20)21-13-14-22(32-21)25(31)29-19-11-9-18(27)10-12-19/h5-15,20H,1-4H2,(H,29,31). The molecule has 32 heavy (non-hydrogen) atoms. The summed E-state index contributed by atoms with van der Waals surface area (Å²) < 4.78 is 34.6. The molecule has 2 aromatic carbocycles. The zero-order valence-electron chi connectivity index (χ0n) is 17.2. The van der Waals surface area contributed by atoms with Crippen molar-refractivity contribution in [2.24, 2.45) is 0 Å². The maximum atomic E-state index is 13.5. The molecule has 0 aliphatic heterocycles. The predicted octanol–water partition coefficient (Wildman–Crippen LogP) is 6.46. The van der Waals surface area contributed by atoms with Crippen molar-refractivity contribution in [2.45, 2.75) is 31.7 Å². The highest BCUT2D eigenvalue weighted by atomic mass is 19.1. The number of nitrogens with zero attached hydrogens (tertiary/aromatic N) is 2. The van der Waals surface area contributed by atoms with E-state index in [2.05, 4.69) is 14.9 Å². The second-order valence-corrected chi connectivity index (χ2v) is 7.92. The van der Waals surface area contributed by atoms with Crippen molar-refractivity contribution in [1.82, 2.24) is 9.55 Å². The van der Waals surface area contributed by atoms with Gasteiger partial charge in [-0.05, 0) is 73.5 Å². The van der Waals surface area contributed by atoms with Gasteiger partial charge in [-0.2, -0.15) is 0 Å². The van der Waals surface area contributed by atoms with E-state index in [0.29, 0.717) is 23.2 Å². The van der Waals surface area contributed by atoms with E-state index in [1.807, 2.05) is 0 Å². The van der Waals surface area contributed by atoms with Crippen LogP contribution in [-0.2, 0) is 0 Å². The summed E-state index contributed by atoms with van der Waals surface area (Å²) in [7, 11) is 0. The fourth-order valence-corrected chi connectivity index (χ4v) is 4.20. The van der Waals surface area contributed by atoms with E-state index < -0.39 is 5.91 Å². The molecule has 1 saturated carbocycles. The molecule has 0 spiro atoms. The summed E-state index contributed by atoms with van der Waals surface area (Å²) in [6.07, 6.45) is 6.19. The number of nitrogens with one attached hydrogen (secondary N) is 1. The van der Waals surface area contributed by atoms with E-state index >= 15 is 0 Å². The van der Waals surface area contributed by atoms with Gasteiger partial charge in [0.05, 0.1) is 12.0 Å². The molecule has 2 heterocycles. The molecule has 162 valence electrons. The maximum absolute atomic E-state index is 13.5. The third-order valence-electron chi connectivity index (χ3n) is 5.79. The lowest BCUT2D eigenvalue weighted by atomic mass is 10.1. The van der Waals surface area contributed by atoms with Gasteiger partial charge in [0.15, 0.2) is 11.5 Å². The first-order valence-electron chi connectivity index (χ1n) is 10.6. The Bertz CT molecular complexity index is 1240. The largest absolute Gasteiger partial charge is 0.449 e. The molecule has 0 radical (unpaired) electrons. The molecule has 5 rings (SSSR count). The van der Waals surface area contributed by atoms with Gasteiger partial charge in [-0.15, -0.1) is 0 Å². The van der Waals surface area contributed by atoms with Crippen LogP contribution in [0.5, 0.6) is 0 Å². The molecule has 0 bridgehead atoms. The topological polar surface area (TPSA) is 60.1 Å². The van der Waals surface area contributed by atoms with Gasteiger partial charge < -0.3 is 14.3 Å². The van der Waals surface area contributed by atoms with Crippen LogP contribution in [0.1, 0.15) is 42.3 Å². The van der Waals surface area contributed by atoms with Crippen molar-refractivity contribution in [3.8, 4) is 22.7 Å². The summed E-state index contributed by atoms with van der Waals surface area (Å²) in [6, 6.07) is 15.3. The van der Waals surface area contributed by atoms with Crippen LogP contribution in [0, 0.1) is 11.6 Å². The summed E-state index contributed by atoms with van der Waals surface area (Å²) in [5, 5.41) is 2.70. The van der Waals surface area contributed by atoms with Crippen molar-refractivity contribution in [3.63, 3.8) is 0 Å². The zero-order chi connectivity index (χ0) is 22.1. The van der Waals surface area contributed by atoms with Gasteiger partial charge in [0, 0.05) is 17.3 Å². The third-order valence-corrected chi connectivity index (χ3v) is 5.79. The van der Waals surface area contributed by atoms with E-state index in [1.54, 1.807) is 30.6 Å². The number of furan rings is 1. The van der Waals surface area contributed by atoms with Gasteiger partial charge >= 0.3 is 0 Å². The van der Waals surface area contributed by atoms with Crippen molar-refractivity contribution < 1.29 is 18.0 Å². The van der Waals surface area contributed by atoms with Crippen LogP contribution in [-0.4, -0.2) is 15.5 Å². The molecule has 1 aliphatic carbocycles. The number of carbonyl (C=O) groups excluding carboxylic acids is 1. The Kier molecular flexibility index (Phi) is 5.31. The summed E-state index contributed by atoms with van der Waals surface area (Å²) >= 11 is 0. The number of amides is 1. The molecule has 0 atom stereocenters.